The van der Waals surface area contributed by atoms with Gasteiger partial charge in [-0.1, -0.05) is 25.0 Å². The van der Waals surface area contributed by atoms with Crippen LogP contribution in [0, 0.1) is 0 Å². The number of aromatic amines is 1. The fourth-order valence-corrected chi connectivity index (χ4v) is 3.38. The molecule has 0 atom stereocenters. The third kappa shape index (κ3) is 3.19. The molecule has 2 aromatic rings. The van der Waals surface area contributed by atoms with Gasteiger partial charge >= 0.3 is 11.7 Å². The Kier molecular flexibility index (Phi) is 4.43. The summed E-state index contributed by atoms with van der Waals surface area (Å²) >= 11 is 0. The molecule has 1 aliphatic carbocycles. The van der Waals surface area contributed by atoms with Crippen molar-refractivity contribution in [1.82, 2.24) is 14.9 Å². The van der Waals surface area contributed by atoms with Crippen LogP contribution in [0.3, 0.4) is 0 Å². The van der Waals surface area contributed by atoms with Crippen molar-refractivity contribution in [3.05, 3.63) is 45.1 Å². The molecular formula is C17H19N3O5. The van der Waals surface area contributed by atoms with Crippen molar-refractivity contribution in [2.75, 3.05) is 0 Å². The molecule has 1 amide bonds. The molecule has 0 spiro atoms. The highest BCUT2D eigenvalue weighted by atomic mass is 16.4. The molecule has 1 aromatic carbocycles. The third-order valence-electron chi connectivity index (χ3n) is 4.71. The van der Waals surface area contributed by atoms with Crippen molar-refractivity contribution in [3.8, 4) is 0 Å². The van der Waals surface area contributed by atoms with E-state index < -0.39 is 28.7 Å². The standard InChI is InChI=1S/C17H19N3O5/c21-13(19-17(15(23)24)8-3-4-9-17)7-10-20-12-6-2-1-5-11(12)14(22)18-16(20)25/h1-2,5-6H,3-4,7-10H2,(H,19,21)(H,23,24)(H,18,22,25). The molecule has 1 heterocycles. The van der Waals surface area contributed by atoms with E-state index in [4.69, 9.17) is 0 Å². The number of hydrogen-bond acceptors (Lipinski definition) is 4. The maximum absolute atomic E-state index is 12.2. The lowest BCUT2D eigenvalue weighted by molar-refractivity contribution is -0.147. The average Bonchev–Trinajstić information content (AvgIpc) is 3.04. The van der Waals surface area contributed by atoms with Crippen LogP contribution in [0.5, 0.6) is 0 Å². The lowest BCUT2D eigenvalue weighted by Crippen LogP contribution is -2.52. The van der Waals surface area contributed by atoms with E-state index in [1.165, 1.54) is 4.57 Å². The van der Waals surface area contributed by atoms with E-state index in [0.29, 0.717) is 23.7 Å². The molecule has 0 bridgehead atoms. The number of aliphatic carboxylic acids is 1. The summed E-state index contributed by atoms with van der Waals surface area (Å²) in [5.74, 6) is -1.45. The first-order valence-electron chi connectivity index (χ1n) is 8.19. The highest BCUT2D eigenvalue weighted by Crippen LogP contribution is 2.30. The molecule has 132 valence electrons. The molecule has 1 aliphatic rings. The summed E-state index contributed by atoms with van der Waals surface area (Å²) in [6, 6.07) is 6.63. The molecule has 1 fully saturated rings. The second-order valence-corrected chi connectivity index (χ2v) is 6.32. The predicted molar refractivity (Wildman–Crippen MR) is 90.4 cm³/mol. The van der Waals surface area contributed by atoms with Gasteiger partial charge < -0.3 is 10.4 Å². The van der Waals surface area contributed by atoms with Gasteiger partial charge in [0, 0.05) is 13.0 Å². The number of carbonyl (C=O) groups excluding carboxylic acids is 1. The van der Waals surface area contributed by atoms with Crippen molar-refractivity contribution in [1.29, 1.82) is 0 Å². The molecule has 3 N–H and O–H groups in total. The topological polar surface area (TPSA) is 121 Å². The van der Waals surface area contributed by atoms with Crippen LogP contribution >= 0.6 is 0 Å². The second kappa shape index (κ2) is 6.54. The van der Waals surface area contributed by atoms with Gasteiger partial charge in [0.05, 0.1) is 10.9 Å². The Morgan fingerprint density at radius 3 is 2.56 bits per heavy atom. The summed E-state index contributed by atoms with van der Waals surface area (Å²) in [4.78, 5) is 49.8. The number of rotatable bonds is 5. The summed E-state index contributed by atoms with van der Waals surface area (Å²) in [5, 5.41) is 12.4. The molecule has 0 saturated heterocycles. The fraction of sp³-hybridized carbons (Fsp3) is 0.412. The number of aromatic nitrogens is 2. The lowest BCUT2D eigenvalue weighted by atomic mass is 9.97. The number of carbonyl (C=O) groups is 2. The molecule has 3 rings (SSSR count). The molecule has 8 heteroatoms. The predicted octanol–water partition coefficient (Wildman–Crippen LogP) is 0.593. The fourth-order valence-electron chi connectivity index (χ4n) is 3.38. The molecule has 0 radical (unpaired) electrons. The molecule has 0 unspecified atom stereocenters. The highest BCUT2D eigenvalue weighted by molar-refractivity contribution is 5.87. The zero-order valence-electron chi connectivity index (χ0n) is 13.6. The number of H-pyrrole nitrogens is 1. The molecule has 25 heavy (non-hydrogen) atoms. The number of nitrogens with zero attached hydrogens (tertiary/aromatic N) is 1. The van der Waals surface area contributed by atoms with E-state index >= 15 is 0 Å². The quantitative estimate of drug-likeness (QED) is 0.732. The van der Waals surface area contributed by atoms with Gasteiger partial charge in [-0.3, -0.25) is 19.1 Å². The minimum Gasteiger partial charge on any atom is -0.480 e. The molecule has 8 nitrogen and oxygen atoms in total. The summed E-state index contributed by atoms with van der Waals surface area (Å²) in [7, 11) is 0. The first kappa shape index (κ1) is 16.9. The molecule has 1 aromatic heterocycles. The number of carboxylic acids is 1. The van der Waals surface area contributed by atoms with Crippen LogP contribution in [0.25, 0.3) is 10.9 Å². The van der Waals surface area contributed by atoms with Crippen LogP contribution in [0.15, 0.2) is 33.9 Å². The summed E-state index contributed by atoms with van der Waals surface area (Å²) in [6.07, 6.45) is 2.30. The van der Waals surface area contributed by atoms with Gasteiger partial charge in [-0.2, -0.15) is 0 Å². The van der Waals surface area contributed by atoms with Crippen molar-refractivity contribution < 1.29 is 14.7 Å². The van der Waals surface area contributed by atoms with Gasteiger partial charge in [0.2, 0.25) is 5.91 Å². The smallest absolute Gasteiger partial charge is 0.329 e. The van der Waals surface area contributed by atoms with E-state index in [1.807, 2.05) is 0 Å². The number of hydrogen-bond donors (Lipinski definition) is 3. The zero-order valence-corrected chi connectivity index (χ0v) is 13.6. The Balaban J connectivity index is 1.79. The van der Waals surface area contributed by atoms with E-state index in [-0.39, 0.29) is 13.0 Å². The van der Waals surface area contributed by atoms with Crippen molar-refractivity contribution in [2.45, 2.75) is 44.2 Å². The molecular weight excluding hydrogens is 326 g/mol. The van der Waals surface area contributed by atoms with Gasteiger partial charge in [-0.15, -0.1) is 0 Å². The minimum absolute atomic E-state index is 0.0506. The van der Waals surface area contributed by atoms with Crippen molar-refractivity contribution >= 4 is 22.8 Å². The molecule has 1 saturated carbocycles. The van der Waals surface area contributed by atoms with Crippen molar-refractivity contribution in [2.24, 2.45) is 0 Å². The first-order chi connectivity index (χ1) is 11.9. The van der Waals surface area contributed by atoms with Crippen LogP contribution in [0.4, 0.5) is 0 Å². The van der Waals surface area contributed by atoms with Crippen LogP contribution < -0.4 is 16.6 Å². The Bertz CT molecular complexity index is 937. The van der Waals surface area contributed by atoms with E-state index in [2.05, 4.69) is 10.3 Å². The Hall–Kier alpha value is -2.90. The van der Waals surface area contributed by atoms with E-state index in [0.717, 1.165) is 12.8 Å². The monoisotopic (exact) mass is 345 g/mol. The normalized spacial score (nSPS) is 16.0. The summed E-state index contributed by atoms with van der Waals surface area (Å²) in [6.45, 7) is 0.0532. The van der Waals surface area contributed by atoms with Gasteiger partial charge in [0.15, 0.2) is 0 Å². The second-order valence-electron chi connectivity index (χ2n) is 6.32. The number of carboxylic acid groups (broad SMARTS) is 1. The summed E-state index contributed by atoms with van der Waals surface area (Å²) in [5.41, 5.74) is -1.82. The molecule has 0 aliphatic heterocycles. The van der Waals surface area contributed by atoms with Gasteiger partial charge in [-0.05, 0) is 25.0 Å². The number of aryl methyl sites for hydroxylation is 1. The van der Waals surface area contributed by atoms with E-state index in [9.17, 15) is 24.3 Å². The number of benzene rings is 1. The van der Waals surface area contributed by atoms with Gasteiger partial charge in [-0.25, -0.2) is 9.59 Å². The number of fused-ring (bicyclic) bond motifs is 1. The van der Waals surface area contributed by atoms with Gasteiger partial charge in [0.25, 0.3) is 5.56 Å². The Morgan fingerprint density at radius 2 is 1.88 bits per heavy atom. The van der Waals surface area contributed by atoms with Crippen molar-refractivity contribution in [3.63, 3.8) is 0 Å². The van der Waals surface area contributed by atoms with Crippen LogP contribution in [0.2, 0.25) is 0 Å². The number of amides is 1. The number of nitrogens with one attached hydrogen (secondary N) is 2. The van der Waals surface area contributed by atoms with Crippen LogP contribution in [0.1, 0.15) is 32.1 Å². The lowest BCUT2D eigenvalue weighted by Gasteiger charge is -2.25. The largest absolute Gasteiger partial charge is 0.480 e. The van der Waals surface area contributed by atoms with E-state index in [1.54, 1.807) is 24.3 Å². The Labute approximate surface area is 142 Å². The Morgan fingerprint density at radius 1 is 1.20 bits per heavy atom. The number of para-hydroxylation sites is 1. The first-order valence-corrected chi connectivity index (χ1v) is 8.19. The zero-order chi connectivity index (χ0) is 18.0. The SMILES string of the molecule is O=C(CCn1c(=O)[nH]c(=O)c2ccccc21)NC1(C(=O)O)CCCC1. The average molecular weight is 345 g/mol. The maximum atomic E-state index is 12.2. The van der Waals surface area contributed by atoms with Crippen LogP contribution in [-0.2, 0) is 16.1 Å². The van der Waals surface area contributed by atoms with Crippen LogP contribution in [-0.4, -0.2) is 32.1 Å². The maximum Gasteiger partial charge on any atom is 0.329 e. The third-order valence-corrected chi connectivity index (χ3v) is 4.71. The summed E-state index contributed by atoms with van der Waals surface area (Å²) < 4.78 is 1.32. The minimum atomic E-state index is -1.20. The van der Waals surface area contributed by atoms with Gasteiger partial charge in [0.1, 0.15) is 5.54 Å². The highest BCUT2D eigenvalue weighted by Gasteiger charge is 2.42.